The lowest BCUT2D eigenvalue weighted by Gasteiger charge is -2.08. The van der Waals surface area contributed by atoms with Crippen LogP contribution in [0.3, 0.4) is 0 Å². The summed E-state index contributed by atoms with van der Waals surface area (Å²) in [6, 6.07) is 5.73. The van der Waals surface area contributed by atoms with Crippen LogP contribution < -0.4 is 9.61 Å². The summed E-state index contributed by atoms with van der Waals surface area (Å²) in [6.07, 6.45) is 9.73. The lowest BCUT2D eigenvalue weighted by molar-refractivity contribution is 0.287. The van der Waals surface area contributed by atoms with E-state index in [-0.39, 0.29) is 10.8 Å². The molecule has 0 aliphatic rings. The van der Waals surface area contributed by atoms with Crippen LogP contribution in [0.1, 0.15) is 31.1 Å². The van der Waals surface area contributed by atoms with Gasteiger partial charge in [-0.25, -0.2) is 4.98 Å². The van der Waals surface area contributed by atoms with E-state index < -0.39 is 0 Å². The van der Waals surface area contributed by atoms with E-state index in [9.17, 15) is 9.90 Å². The third kappa shape index (κ3) is 3.93. The van der Waals surface area contributed by atoms with Crippen molar-refractivity contribution in [2.45, 2.75) is 32.7 Å². The number of unbranched alkanes of at least 4 members (excludes halogenated alkanes) is 1. The van der Waals surface area contributed by atoms with Crippen LogP contribution in [0.5, 0.6) is 11.8 Å². The zero-order valence-electron chi connectivity index (χ0n) is 14.1. The summed E-state index contributed by atoms with van der Waals surface area (Å²) in [6.45, 7) is 3.04. The van der Waals surface area contributed by atoms with Crippen molar-refractivity contribution in [3.8, 4) is 11.8 Å². The lowest BCUT2D eigenvalue weighted by atomic mass is 10.3. The van der Waals surface area contributed by atoms with Gasteiger partial charge in [0.2, 0.25) is 5.88 Å². The fraction of sp³-hybridized carbons (Fsp3) is 0.333. The van der Waals surface area contributed by atoms with E-state index in [0.29, 0.717) is 18.0 Å². The topological polar surface area (TPSA) is 68.8 Å². The number of thiazole rings is 1. The molecular weight excluding hydrogens is 338 g/mol. The van der Waals surface area contributed by atoms with Crippen molar-refractivity contribution in [1.29, 1.82) is 0 Å². The van der Waals surface area contributed by atoms with Crippen molar-refractivity contribution in [3.63, 3.8) is 0 Å². The van der Waals surface area contributed by atoms with E-state index in [1.54, 1.807) is 12.3 Å². The molecule has 0 spiro atoms. The summed E-state index contributed by atoms with van der Waals surface area (Å²) >= 11 is 1.07. The smallest absolute Gasteiger partial charge is 0.310 e. The van der Waals surface area contributed by atoms with Gasteiger partial charge in [-0.15, -0.1) is 0 Å². The largest absolute Gasteiger partial charge is 0.493 e. The van der Waals surface area contributed by atoms with Gasteiger partial charge in [0.1, 0.15) is 5.65 Å². The SMILES string of the molecule is CCC=Cc1sc(=O)n(CCCCOc2cccc3nccn23)c1O. The van der Waals surface area contributed by atoms with E-state index in [1.165, 1.54) is 4.57 Å². The lowest BCUT2D eigenvalue weighted by Crippen LogP contribution is -2.13. The van der Waals surface area contributed by atoms with Gasteiger partial charge in [-0.1, -0.05) is 30.4 Å². The number of hydrogen-bond donors (Lipinski definition) is 1. The van der Waals surface area contributed by atoms with Crippen molar-refractivity contribution in [3.05, 3.63) is 51.2 Å². The normalized spacial score (nSPS) is 11.6. The maximum atomic E-state index is 12.0. The number of aromatic hydroxyl groups is 1. The second kappa shape index (κ2) is 8.02. The van der Waals surface area contributed by atoms with Crippen molar-refractivity contribution >= 4 is 23.1 Å². The standard InChI is InChI=1S/C18H21N3O3S/c1-2-3-7-14-17(22)21(18(23)25-14)11-4-5-13-24-16-9-6-8-15-19-10-12-20(15)16/h3,6-10,12,22H,2,4-5,11,13H2,1H3. The van der Waals surface area contributed by atoms with Crippen LogP contribution >= 0.6 is 11.3 Å². The molecule has 0 saturated heterocycles. The number of imidazole rings is 1. The molecule has 0 radical (unpaired) electrons. The van der Waals surface area contributed by atoms with Crippen molar-refractivity contribution < 1.29 is 9.84 Å². The molecule has 6 nitrogen and oxygen atoms in total. The minimum atomic E-state index is -0.127. The van der Waals surface area contributed by atoms with Gasteiger partial charge in [-0.2, -0.15) is 0 Å². The van der Waals surface area contributed by atoms with Crippen molar-refractivity contribution in [1.82, 2.24) is 14.0 Å². The van der Waals surface area contributed by atoms with Crippen LogP contribution in [0.15, 0.2) is 41.5 Å². The number of pyridine rings is 1. The zero-order valence-corrected chi connectivity index (χ0v) is 14.9. The average Bonchev–Trinajstić information content (AvgIpc) is 3.19. The molecule has 0 aliphatic carbocycles. The molecule has 0 fully saturated rings. The van der Waals surface area contributed by atoms with Gasteiger partial charge < -0.3 is 9.84 Å². The molecule has 7 heteroatoms. The highest BCUT2D eigenvalue weighted by Crippen LogP contribution is 2.22. The van der Waals surface area contributed by atoms with Crippen LogP contribution in [0.2, 0.25) is 0 Å². The molecule has 3 rings (SSSR count). The predicted octanol–water partition coefficient (Wildman–Crippen LogP) is 3.55. The number of fused-ring (bicyclic) bond motifs is 1. The summed E-state index contributed by atoms with van der Waals surface area (Å²) in [5.41, 5.74) is 0.847. The van der Waals surface area contributed by atoms with Gasteiger partial charge in [-0.3, -0.25) is 13.8 Å². The molecule has 3 heterocycles. The minimum absolute atomic E-state index is 0.0591. The molecule has 3 aromatic rings. The first kappa shape index (κ1) is 17.3. The molecule has 0 atom stereocenters. The predicted molar refractivity (Wildman–Crippen MR) is 99.5 cm³/mol. The van der Waals surface area contributed by atoms with Crippen LogP contribution in [-0.4, -0.2) is 25.7 Å². The molecule has 0 saturated carbocycles. The Hall–Kier alpha value is -2.54. The molecule has 1 N–H and O–H groups in total. The second-order valence-electron chi connectivity index (χ2n) is 5.59. The van der Waals surface area contributed by atoms with Crippen LogP contribution in [0.4, 0.5) is 0 Å². The van der Waals surface area contributed by atoms with E-state index in [4.69, 9.17) is 4.74 Å². The van der Waals surface area contributed by atoms with Crippen LogP contribution in [0.25, 0.3) is 11.7 Å². The Kier molecular flexibility index (Phi) is 5.55. The highest BCUT2D eigenvalue weighted by Gasteiger charge is 2.11. The highest BCUT2D eigenvalue weighted by molar-refractivity contribution is 7.10. The van der Waals surface area contributed by atoms with Crippen LogP contribution in [-0.2, 0) is 6.54 Å². The second-order valence-corrected chi connectivity index (χ2v) is 6.59. The molecule has 0 bridgehead atoms. The summed E-state index contributed by atoms with van der Waals surface area (Å²) in [5.74, 6) is 0.807. The Balaban J connectivity index is 1.52. The maximum absolute atomic E-state index is 12.0. The van der Waals surface area contributed by atoms with Crippen LogP contribution in [0, 0.1) is 0 Å². The number of rotatable bonds is 8. The van der Waals surface area contributed by atoms with E-state index in [2.05, 4.69) is 4.98 Å². The molecular formula is C18H21N3O3S. The highest BCUT2D eigenvalue weighted by atomic mass is 32.1. The zero-order chi connectivity index (χ0) is 17.6. The number of aromatic nitrogens is 3. The summed E-state index contributed by atoms with van der Waals surface area (Å²) < 4.78 is 9.12. The van der Waals surface area contributed by atoms with Crippen molar-refractivity contribution in [2.75, 3.05) is 6.61 Å². The van der Waals surface area contributed by atoms with E-state index >= 15 is 0 Å². The minimum Gasteiger partial charge on any atom is -0.493 e. The quantitative estimate of drug-likeness (QED) is 0.625. The fourth-order valence-corrected chi connectivity index (χ4v) is 3.37. The van der Waals surface area contributed by atoms with Crippen molar-refractivity contribution in [2.24, 2.45) is 0 Å². The van der Waals surface area contributed by atoms with Gasteiger partial charge in [0.15, 0.2) is 5.88 Å². The maximum Gasteiger partial charge on any atom is 0.310 e. The molecule has 25 heavy (non-hydrogen) atoms. The first-order chi connectivity index (χ1) is 12.2. The Morgan fingerprint density at radius 3 is 3.08 bits per heavy atom. The Morgan fingerprint density at radius 2 is 2.24 bits per heavy atom. The van der Waals surface area contributed by atoms with E-state index in [1.807, 2.05) is 41.8 Å². The summed E-state index contributed by atoms with van der Waals surface area (Å²) in [7, 11) is 0. The molecule has 0 unspecified atom stereocenters. The Morgan fingerprint density at radius 1 is 1.36 bits per heavy atom. The molecule has 132 valence electrons. The first-order valence-electron chi connectivity index (χ1n) is 8.34. The number of allylic oxidation sites excluding steroid dienone is 1. The van der Waals surface area contributed by atoms with Gasteiger partial charge in [0.25, 0.3) is 0 Å². The first-order valence-corrected chi connectivity index (χ1v) is 9.16. The fourth-order valence-electron chi connectivity index (χ4n) is 2.53. The van der Waals surface area contributed by atoms with Gasteiger partial charge in [0, 0.05) is 18.9 Å². The van der Waals surface area contributed by atoms with Gasteiger partial charge >= 0.3 is 4.87 Å². The molecule has 0 aliphatic heterocycles. The third-order valence-corrected chi connectivity index (χ3v) is 4.75. The Bertz CT molecular complexity index is 923. The summed E-state index contributed by atoms with van der Waals surface area (Å²) in [5, 5.41) is 10.1. The van der Waals surface area contributed by atoms with Gasteiger partial charge in [0.05, 0.1) is 11.5 Å². The summed E-state index contributed by atoms with van der Waals surface area (Å²) in [4.78, 5) is 16.7. The molecule has 0 amide bonds. The monoisotopic (exact) mass is 359 g/mol. The molecule has 3 aromatic heterocycles. The third-order valence-electron chi connectivity index (χ3n) is 3.82. The average molecular weight is 359 g/mol. The number of hydrogen-bond acceptors (Lipinski definition) is 5. The van der Waals surface area contributed by atoms with E-state index in [0.717, 1.165) is 42.1 Å². The number of ether oxygens (including phenoxy) is 1. The van der Waals surface area contributed by atoms with Gasteiger partial charge in [-0.05, 0) is 37.5 Å². The molecule has 0 aromatic carbocycles. The number of nitrogens with zero attached hydrogens (tertiary/aromatic N) is 3. The Labute approximate surface area is 149 Å².